The molecule has 0 aliphatic carbocycles. The highest BCUT2D eigenvalue weighted by atomic mass is 79.9. The molecule has 0 unspecified atom stereocenters. The maximum atomic E-state index is 13.1. The van der Waals surface area contributed by atoms with E-state index in [0.29, 0.717) is 17.2 Å². The molecular weight excluding hydrogens is 554 g/mol. The zero-order valence-corrected chi connectivity index (χ0v) is 23.8. The molecule has 1 aliphatic rings. The highest BCUT2D eigenvalue weighted by molar-refractivity contribution is 9.10. The monoisotopic (exact) mass is 585 g/mol. The fraction of sp³-hybridized carbons (Fsp3) is 0.267. The van der Waals surface area contributed by atoms with Crippen molar-refractivity contribution in [3.63, 3.8) is 0 Å². The average molecular weight is 587 g/mol. The molecule has 2 N–H and O–H groups in total. The van der Waals surface area contributed by atoms with E-state index in [4.69, 9.17) is 0 Å². The highest BCUT2D eigenvalue weighted by Crippen LogP contribution is 2.26. The van der Waals surface area contributed by atoms with Crippen LogP contribution in [0.25, 0.3) is 11.3 Å². The number of nitrogens with zero attached hydrogens (tertiary/aromatic N) is 5. The molecular formula is C30H32BrN7O. The van der Waals surface area contributed by atoms with Gasteiger partial charge in [0, 0.05) is 78.3 Å². The molecule has 1 saturated heterocycles. The summed E-state index contributed by atoms with van der Waals surface area (Å²) in [6, 6.07) is 17.3. The molecule has 2 aromatic heterocycles. The Balaban J connectivity index is 1.25. The second-order valence-electron chi connectivity index (χ2n) is 9.63. The van der Waals surface area contributed by atoms with Crippen molar-refractivity contribution in [3.05, 3.63) is 94.4 Å². The maximum absolute atomic E-state index is 13.1. The van der Waals surface area contributed by atoms with Crippen LogP contribution < -0.4 is 10.6 Å². The quantitative estimate of drug-likeness (QED) is 0.272. The third kappa shape index (κ3) is 6.86. The number of halogens is 1. The molecule has 9 heteroatoms. The Morgan fingerprint density at radius 3 is 2.56 bits per heavy atom. The molecule has 0 bridgehead atoms. The van der Waals surface area contributed by atoms with Gasteiger partial charge in [-0.3, -0.25) is 14.7 Å². The number of rotatable bonds is 8. The number of aromatic nitrogens is 3. The first-order chi connectivity index (χ1) is 19.0. The summed E-state index contributed by atoms with van der Waals surface area (Å²) in [4.78, 5) is 31.2. The van der Waals surface area contributed by atoms with Gasteiger partial charge in [0.15, 0.2) is 0 Å². The lowest BCUT2D eigenvalue weighted by atomic mass is 10.1. The normalized spacial score (nSPS) is 14.2. The smallest absolute Gasteiger partial charge is 0.255 e. The van der Waals surface area contributed by atoms with E-state index in [9.17, 15) is 4.79 Å². The molecule has 3 heterocycles. The van der Waals surface area contributed by atoms with Crippen molar-refractivity contribution in [1.29, 1.82) is 0 Å². The van der Waals surface area contributed by atoms with Crippen LogP contribution >= 0.6 is 15.9 Å². The molecule has 0 saturated carbocycles. The Morgan fingerprint density at radius 1 is 1.00 bits per heavy atom. The van der Waals surface area contributed by atoms with Gasteiger partial charge in [-0.05, 0) is 67.1 Å². The van der Waals surface area contributed by atoms with Gasteiger partial charge in [0.2, 0.25) is 5.95 Å². The summed E-state index contributed by atoms with van der Waals surface area (Å²) in [6.45, 7) is 10.5. The summed E-state index contributed by atoms with van der Waals surface area (Å²) >= 11 is 3.69. The molecule has 39 heavy (non-hydrogen) atoms. The molecule has 1 amide bonds. The molecule has 200 valence electrons. The van der Waals surface area contributed by atoms with Crippen molar-refractivity contribution in [2.75, 3.05) is 43.4 Å². The fourth-order valence-corrected chi connectivity index (χ4v) is 5.08. The lowest BCUT2D eigenvalue weighted by Gasteiger charge is -2.34. The minimum Gasteiger partial charge on any atom is -0.324 e. The van der Waals surface area contributed by atoms with Crippen molar-refractivity contribution in [2.45, 2.75) is 20.4 Å². The van der Waals surface area contributed by atoms with Gasteiger partial charge < -0.3 is 15.5 Å². The Kier molecular flexibility index (Phi) is 8.61. The second-order valence-corrected chi connectivity index (χ2v) is 10.5. The molecule has 5 rings (SSSR count). The van der Waals surface area contributed by atoms with E-state index in [0.717, 1.165) is 66.2 Å². The van der Waals surface area contributed by atoms with Crippen LogP contribution in [-0.4, -0.2) is 63.4 Å². The zero-order chi connectivity index (χ0) is 27.2. The molecule has 8 nitrogen and oxygen atoms in total. The molecule has 0 radical (unpaired) electrons. The Labute approximate surface area is 237 Å². The fourth-order valence-electron chi connectivity index (χ4n) is 4.57. The van der Waals surface area contributed by atoms with Gasteiger partial charge in [-0.15, -0.1) is 0 Å². The van der Waals surface area contributed by atoms with Crippen LogP contribution in [0.3, 0.4) is 0 Å². The molecule has 2 aromatic carbocycles. The summed E-state index contributed by atoms with van der Waals surface area (Å²) in [6.07, 6.45) is 5.22. The summed E-state index contributed by atoms with van der Waals surface area (Å²) in [5.74, 6) is 0.307. The van der Waals surface area contributed by atoms with E-state index in [1.807, 2.05) is 61.5 Å². The Bertz CT molecular complexity index is 1440. The number of benzene rings is 2. The van der Waals surface area contributed by atoms with Crippen LogP contribution in [0.4, 0.5) is 17.3 Å². The van der Waals surface area contributed by atoms with Gasteiger partial charge in [-0.2, -0.15) is 0 Å². The van der Waals surface area contributed by atoms with Crippen molar-refractivity contribution in [2.24, 2.45) is 0 Å². The van der Waals surface area contributed by atoms with Crippen molar-refractivity contribution in [3.8, 4) is 11.3 Å². The average Bonchev–Trinajstić information content (AvgIpc) is 2.97. The topological polar surface area (TPSA) is 86.3 Å². The summed E-state index contributed by atoms with van der Waals surface area (Å²) in [7, 11) is 0. The van der Waals surface area contributed by atoms with Gasteiger partial charge >= 0.3 is 0 Å². The number of carbonyl (C=O) groups is 1. The molecule has 1 aliphatic heterocycles. The van der Waals surface area contributed by atoms with Crippen molar-refractivity contribution < 1.29 is 4.79 Å². The number of anilines is 3. The summed E-state index contributed by atoms with van der Waals surface area (Å²) < 4.78 is 0.949. The summed E-state index contributed by atoms with van der Waals surface area (Å²) in [5.41, 5.74) is 5.99. The number of hydrogen-bond donors (Lipinski definition) is 2. The minimum atomic E-state index is -0.163. The van der Waals surface area contributed by atoms with Gasteiger partial charge in [-0.25, -0.2) is 9.97 Å². The summed E-state index contributed by atoms with van der Waals surface area (Å²) in [5, 5.41) is 6.31. The number of pyridine rings is 1. The van der Waals surface area contributed by atoms with Gasteiger partial charge in [-0.1, -0.05) is 35.0 Å². The van der Waals surface area contributed by atoms with Crippen LogP contribution in [0.5, 0.6) is 0 Å². The van der Waals surface area contributed by atoms with E-state index >= 15 is 0 Å². The molecule has 0 atom stereocenters. The van der Waals surface area contributed by atoms with E-state index < -0.39 is 0 Å². The van der Waals surface area contributed by atoms with Gasteiger partial charge in [0.1, 0.15) is 0 Å². The largest absolute Gasteiger partial charge is 0.324 e. The van der Waals surface area contributed by atoms with E-state index in [1.54, 1.807) is 18.6 Å². The lowest BCUT2D eigenvalue weighted by Crippen LogP contribution is -2.45. The van der Waals surface area contributed by atoms with E-state index in [-0.39, 0.29) is 5.91 Å². The zero-order valence-electron chi connectivity index (χ0n) is 22.2. The number of likely N-dealkylation sites (N-methyl/N-ethyl adjacent to an activating group) is 1. The Morgan fingerprint density at radius 2 is 1.82 bits per heavy atom. The number of carbonyl (C=O) groups excluding carboxylic acids is 1. The van der Waals surface area contributed by atoms with Crippen molar-refractivity contribution >= 4 is 39.2 Å². The van der Waals surface area contributed by atoms with Crippen LogP contribution in [0, 0.1) is 6.92 Å². The van der Waals surface area contributed by atoms with E-state index in [1.165, 1.54) is 5.56 Å². The van der Waals surface area contributed by atoms with Crippen LogP contribution in [-0.2, 0) is 6.54 Å². The van der Waals surface area contributed by atoms with E-state index in [2.05, 4.69) is 58.2 Å². The van der Waals surface area contributed by atoms with Crippen LogP contribution in [0.2, 0.25) is 0 Å². The first-order valence-corrected chi connectivity index (χ1v) is 13.9. The lowest BCUT2D eigenvalue weighted by molar-refractivity contribution is 0.102. The standard InChI is InChI=1S/C30H32BrN7O/c1-3-37-13-15-38(16-14-37)20-24-8-7-22(17-26(24)31)29(39)34-25-9-6-21(2)28(18-25)36-30-33-12-10-27(35-30)23-5-4-11-32-19-23/h4-12,17-19H,3,13-16,20H2,1-2H3,(H,34,39)(H,33,35,36). The molecule has 4 aromatic rings. The molecule has 1 fully saturated rings. The van der Waals surface area contributed by atoms with Crippen LogP contribution in [0.15, 0.2) is 77.7 Å². The SMILES string of the molecule is CCN1CCN(Cc2ccc(C(=O)Nc3ccc(C)c(Nc4nccc(-c5cccnc5)n4)c3)cc2Br)CC1. The second kappa shape index (κ2) is 12.5. The minimum absolute atomic E-state index is 0.163. The number of hydrogen-bond acceptors (Lipinski definition) is 7. The van der Waals surface area contributed by atoms with Gasteiger partial charge in [0.05, 0.1) is 5.69 Å². The van der Waals surface area contributed by atoms with Gasteiger partial charge in [0.25, 0.3) is 5.91 Å². The maximum Gasteiger partial charge on any atom is 0.255 e. The first kappa shape index (κ1) is 26.9. The predicted octanol–water partition coefficient (Wildman–Crippen LogP) is 5.74. The number of piperazine rings is 1. The third-order valence-electron chi connectivity index (χ3n) is 6.98. The predicted molar refractivity (Wildman–Crippen MR) is 159 cm³/mol. The Hall–Kier alpha value is -3.66. The van der Waals surface area contributed by atoms with Crippen molar-refractivity contribution in [1.82, 2.24) is 24.8 Å². The third-order valence-corrected chi connectivity index (χ3v) is 7.71. The number of aryl methyl sites for hydroxylation is 1. The molecule has 0 spiro atoms. The number of nitrogens with one attached hydrogen (secondary N) is 2. The number of amides is 1. The first-order valence-electron chi connectivity index (χ1n) is 13.1. The van der Waals surface area contributed by atoms with Crippen LogP contribution in [0.1, 0.15) is 28.4 Å². The highest BCUT2D eigenvalue weighted by Gasteiger charge is 2.17.